The quantitative estimate of drug-likeness (QED) is 0.123. The minimum absolute atomic E-state index is 0.0571. The number of pyridine rings is 1. The molecule has 1 saturated heterocycles. The molecular formula is C35H29ClF9N7O6S. The van der Waals surface area contributed by atoms with Gasteiger partial charge in [-0.25, -0.2) is 13.4 Å². The maximum absolute atomic E-state index is 13.2. The van der Waals surface area contributed by atoms with E-state index in [1.807, 2.05) is 12.1 Å². The fourth-order valence-electron chi connectivity index (χ4n) is 5.84. The van der Waals surface area contributed by atoms with Gasteiger partial charge >= 0.3 is 30.3 Å². The summed E-state index contributed by atoms with van der Waals surface area (Å²) in [4.78, 5) is 44.9. The second-order valence-corrected chi connectivity index (χ2v) is 15.2. The van der Waals surface area contributed by atoms with Gasteiger partial charge in [-0.2, -0.15) is 35.6 Å². The highest BCUT2D eigenvalue weighted by atomic mass is 35.5. The Morgan fingerprint density at radius 3 is 2.15 bits per heavy atom. The number of anilines is 5. The number of halogens is 10. The third kappa shape index (κ3) is 12.0. The number of sulfonamides is 1. The molecule has 6 rings (SSSR count). The molecule has 4 aromatic rings. The molecule has 0 spiro atoms. The van der Waals surface area contributed by atoms with Crippen LogP contribution in [0.3, 0.4) is 0 Å². The number of aryl methyl sites for hydroxylation is 2. The van der Waals surface area contributed by atoms with Crippen molar-refractivity contribution in [3.05, 3.63) is 83.3 Å². The number of aromatic nitrogens is 3. The number of hydrogen-bond donors (Lipinski definition) is 3. The molecule has 2 aliphatic rings. The Kier molecular flexibility index (Phi) is 13.4. The smallest absolute Gasteiger partial charge is 0.404 e. The predicted octanol–water partition coefficient (Wildman–Crippen LogP) is 7.69. The predicted molar refractivity (Wildman–Crippen MR) is 192 cm³/mol. The number of carbonyl (C=O) groups excluding carboxylic acids is 3. The summed E-state index contributed by atoms with van der Waals surface area (Å²) >= 11 is 6.35. The van der Waals surface area contributed by atoms with Gasteiger partial charge in [0.1, 0.15) is 15.7 Å². The highest BCUT2D eigenvalue weighted by Crippen LogP contribution is 2.34. The summed E-state index contributed by atoms with van der Waals surface area (Å²) < 4.78 is 137. The van der Waals surface area contributed by atoms with Crippen molar-refractivity contribution in [3.63, 3.8) is 0 Å². The number of amides is 1. The first-order valence-electron chi connectivity index (χ1n) is 17.0. The van der Waals surface area contributed by atoms with E-state index in [4.69, 9.17) is 11.6 Å². The number of ether oxygens (including phenoxy) is 1. The first-order chi connectivity index (χ1) is 27.5. The van der Waals surface area contributed by atoms with Crippen molar-refractivity contribution in [2.75, 3.05) is 29.0 Å². The minimum Gasteiger partial charge on any atom is -0.404 e. The van der Waals surface area contributed by atoms with Crippen molar-refractivity contribution in [1.82, 2.24) is 19.3 Å². The van der Waals surface area contributed by atoms with Crippen LogP contribution < -0.4 is 20.7 Å². The summed E-state index contributed by atoms with van der Waals surface area (Å²) in [5.74, 6) is -7.19. The number of hydrogen-bond acceptors (Lipinski definition) is 11. The summed E-state index contributed by atoms with van der Waals surface area (Å²) in [7, 11) is -4.25. The largest absolute Gasteiger partial charge is 0.573 e. The highest BCUT2D eigenvalue weighted by Gasteiger charge is 2.54. The molecule has 0 saturated carbocycles. The van der Waals surface area contributed by atoms with Gasteiger partial charge in [0, 0.05) is 37.1 Å². The lowest BCUT2D eigenvalue weighted by Gasteiger charge is -2.31. The molecule has 59 heavy (non-hydrogen) atoms. The summed E-state index contributed by atoms with van der Waals surface area (Å²) in [5.41, 5.74) is 3.89. The van der Waals surface area contributed by atoms with Crippen LogP contribution >= 0.6 is 11.6 Å². The summed E-state index contributed by atoms with van der Waals surface area (Å²) in [6.07, 6.45) is -9.54. The average Bonchev–Trinajstić information content (AvgIpc) is 3.15. The molecule has 0 aliphatic carbocycles. The second-order valence-electron chi connectivity index (χ2n) is 12.8. The lowest BCUT2D eigenvalue weighted by molar-refractivity contribution is -0.275. The third-order valence-electron chi connectivity index (χ3n) is 8.58. The van der Waals surface area contributed by atoms with Crippen LogP contribution in [0.25, 0.3) is 0 Å². The standard InChI is InChI=1S/C31H29ClF3N7O4S.C4F6O2/c32-24-18-37-30-39-23-13-20(16-36-17-23)5-6-21-15-22(38-29(24)41-30)7-8-25(21)40-28(43)14-19-9-11-42(12-10-19)47(44,45)27-4-2-1-3-26(27)46-31(33,34)35;5-3(6,7)1(11)2(12)4(8,9)10/h1-4,7-8,13,15-19H,5-6,9-12,14H2,(H,40,43)(H2,37,38,39,41);. The highest BCUT2D eigenvalue weighted by molar-refractivity contribution is 7.89. The monoisotopic (exact) mass is 881 g/mol. The van der Waals surface area contributed by atoms with Crippen LogP contribution in [-0.4, -0.2) is 77.0 Å². The van der Waals surface area contributed by atoms with Gasteiger partial charge in [-0.1, -0.05) is 23.7 Å². The van der Waals surface area contributed by atoms with Crippen molar-refractivity contribution in [3.8, 4) is 5.75 Å². The number of Topliss-reactive ketones (excluding diaryl/α,β-unsaturated/α-hetero) is 2. The number of rotatable bonds is 7. The minimum atomic E-state index is -5.77. The molecule has 1 amide bonds. The Hall–Kier alpha value is -5.55. The Morgan fingerprint density at radius 1 is 0.847 bits per heavy atom. The Labute approximate surface area is 333 Å². The normalized spacial score (nSPS) is 15.1. The van der Waals surface area contributed by atoms with Crippen LogP contribution in [0.15, 0.2) is 72.0 Å². The SMILES string of the molecule is O=C(C(=O)C(F)(F)F)C(F)(F)F.O=C(CC1CCN(S(=O)(=O)c2ccccc2OC(F)(F)F)CC1)Nc1ccc2cc1CCc1cncc(c1)Nc1ncc(Cl)c(n1)N2. The van der Waals surface area contributed by atoms with Gasteiger partial charge in [0.15, 0.2) is 5.82 Å². The van der Waals surface area contributed by atoms with Gasteiger partial charge in [0.25, 0.3) is 0 Å². The first-order valence-corrected chi connectivity index (χ1v) is 18.8. The number of nitrogens with one attached hydrogen (secondary N) is 3. The zero-order valence-corrected chi connectivity index (χ0v) is 31.4. The summed E-state index contributed by atoms with van der Waals surface area (Å²) in [6, 6.07) is 12.1. The molecule has 1 fully saturated rings. The maximum Gasteiger partial charge on any atom is 0.573 e. The Bertz CT molecular complexity index is 2300. The molecule has 13 nitrogen and oxygen atoms in total. The van der Waals surface area contributed by atoms with Crippen molar-refractivity contribution in [1.29, 1.82) is 0 Å². The van der Waals surface area contributed by atoms with Crippen LogP contribution in [0.5, 0.6) is 5.75 Å². The fourth-order valence-corrected chi connectivity index (χ4v) is 7.56. The fraction of sp³-hybridized carbons (Fsp3) is 0.314. The third-order valence-corrected chi connectivity index (χ3v) is 10.8. The maximum atomic E-state index is 13.2. The number of alkyl halides is 9. The van der Waals surface area contributed by atoms with Crippen LogP contribution in [0.1, 0.15) is 30.4 Å². The molecule has 316 valence electrons. The summed E-state index contributed by atoms with van der Waals surface area (Å²) in [6.45, 7) is 0.114. The van der Waals surface area contributed by atoms with Gasteiger partial charge < -0.3 is 20.7 Å². The Balaban J connectivity index is 0.000000480. The number of carbonyl (C=O) groups is 3. The number of nitrogens with zero attached hydrogens (tertiary/aromatic N) is 4. The first kappa shape index (κ1) is 44.6. The van der Waals surface area contributed by atoms with Gasteiger partial charge in [-0.3, -0.25) is 19.4 Å². The van der Waals surface area contributed by atoms with Gasteiger partial charge in [0.05, 0.1) is 18.1 Å². The van der Waals surface area contributed by atoms with Crippen molar-refractivity contribution in [2.24, 2.45) is 5.92 Å². The molecule has 2 aliphatic heterocycles. The van der Waals surface area contributed by atoms with E-state index in [9.17, 15) is 62.3 Å². The molecule has 6 bridgehead atoms. The van der Waals surface area contributed by atoms with Crippen LogP contribution in [-0.2, 0) is 37.2 Å². The van der Waals surface area contributed by atoms with Crippen LogP contribution in [0.4, 0.5) is 68.3 Å². The van der Waals surface area contributed by atoms with Gasteiger partial charge in [0.2, 0.25) is 21.9 Å². The molecule has 24 heteroatoms. The van der Waals surface area contributed by atoms with Crippen LogP contribution in [0.2, 0.25) is 5.02 Å². The topological polar surface area (TPSA) is 173 Å². The zero-order valence-electron chi connectivity index (χ0n) is 29.8. The molecular weight excluding hydrogens is 853 g/mol. The van der Waals surface area contributed by atoms with E-state index in [0.717, 1.165) is 27.6 Å². The molecule has 0 radical (unpaired) electrons. The molecule has 3 N–H and O–H groups in total. The molecule has 4 heterocycles. The van der Waals surface area contributed by atoms with Gasteiger partial charge in [-0.05, 0) is 79.1 Å². The van der Waals surface area contributed by atoms with Crippen molar-refractivity contribution < 1.29 is 67.1 Å². The second kappa shape index (κ2) is 17.7. The lowest BCUT2D eigenvalue weighted by atomic mass is 9.94. The number of fused-ring (bicyclic) bond motifs is 6. The number of benzene rings is 2. The lowest BCUT2D eigenvalue weighted by Crippen LogP contribution is -2.39. The molecule has 2 aromatic carbocycles. The van der Waals surface area contributed by atoms with E-state index in [1.54, 1.807) is 24.5 Å². The molecule has 2 aromatic heterocycles. The van der Waals surface area contributed by atoms with E-state index in [-0.39, 0.29) is 31.3 Å². The van der Waals surface area contributed by atoms with E-state index < -0.39 is 50.9 Å². The van der Waals surface area contributed by atoms with E-state index >= 15 is 0 Å². The van der Waals surface area contributed by atoms with Crippen molar-refractivity contribution in [2.45, 2.75) is 55.7 Å². The van der Waals surface area contributed by atoms with E-state index in [0.29, 0.717) is 59.5 Å². The molecule has 0 unspecified atom stereocenters. The molecule has 0 atom stereocenters. The van der Waals surface area contributed by atoms with E-state index in [2.05, 4.69) is 35.6 Å². The van der Waals surface area contributed by atoms with Crippen molar-refractivity contribution >= 4 is 67.9 Å². The van der Waals surface area contributed by atoms with E-state index in [1.165, 1.54) is 18.3 Å². The van der Waals surface area contributed by atoms with Crippen LogP contribution in [0, 0.1) is 5.92 Å². The number of piperidine rings is 1. The van der Waals surface area contributed by atoms with Gasteiger partial charge in [-0.15, -0.1) is 13.2 Å². The number of para-hydroxylation sites is 1. The average molecular weight is 882 g/mol. The zero-order chi connectivity index (χ0) is 43.3. The Morgan fingerprint density at radius 2 is 1.51 bits per heavy atom. The number of ketones is 2. The summed E-state index contributed by atoms with van der Waals surface area (Å²) in [5, 5.41) is 9.70.